The molecule has 1 aliphatic rings. The third-order valence-electron chi connectivity index (χ3n) is 1.10. The number of hydrogen-bond donors (Lipinski definition) is 0. The molecule has 0 aromatic carbocycles. The first-order chi connectivity index (χ1) is 8.74. The van der Waals surface area contributed by atoms with Crippen LogP contribution in [0.15, 0.2) is 3.92 Å². The van der Waals surface area contributed by atoms with Gasteiger partial charge in [0.05, 0.1) is 5.69 Å². The zero-order chi connectivity index (χ0) is 15.7. The Kier molecular flexibility index (Phi) is 0.654. The van der Waals surface area contributed by atoms with E-state index < -0.39 is 32.0 Å². The van der Waals surface area contributed by atoms with Crippen LogP contribution in [0, 0.1) is 0 Å². The lowest BCUT2D eigenvalue weighted by Gasteiger charge is -2.20. The smallest absolute Gasteiger partial charge is 0.159 e. The van der Waals surface area contributed by atoms with E-state index in [1.54, 1.807) is 0 Å². The van der Waals surface area contributed by atoms with Gasteiger partial charge in [-0.2, -0.15) is 0 Å². The fourth-order valence-electron chi connectivity index (χ4n) is 0.693. The summed E-state index contributed by atoms with van der Waals surface area (Å²) in [5, 5.41) is 0. The molecule has 2 rings (SSSR count). The van der Waals surface area contributed by atoms with Crippen LogP contribution in [0.3, 0.4) is 0 Å². The van der Waals surface area contributed by atoms with Gasteiger partial charge in [-0.05, 0) is 22.9 Å². The van der Waals surface area contributed by atoms with Crippen molar-refractivity contribution in [1.29, 1.82) is 0 Å². The molecule has 60 valence electrons. The Hall–Kier alpha value is 0.0700. The van der Waals surface area contributed by atoms with Crippen molar-refractivity contribution in [1.82, 2.24) is 9.88 Å². The Labute approximate surface area is 91.0 Å². The molecule has 0 N–H and O–H groups in total. The largest absolute Gasteiger partial charge is 0.301 e. The van der Waals surface area contributed by atoms with E-state index in [1.165, 1.54) is 0 Å². The summed E-state index contributed by atoms with van der Waals surface area (Å²) in [6.45, 7) is -8.92. The molecule has 1 aromatic heterocycles. The number of rotatable bonds is 0. The lowest BCUT2D eigenvalue weighted by molar-refractivity contribution is 0.314. The van der Waals surface area contributed by atoms with E-state index in [0.29, 0.717) is 0 Å². The van der Waals surface area contributed by atoms with Gasteiger partial charge in [-0.25, -0.2) is 4.98 Å². The highest BCUT2D eigenvalue weighted by Crippen LogP contribution is 2.27. The molecule has 0 fully saturated rings. The van der Waals surface area contributed by atoms with E-state index in [9.17, 15) is 0 Å². The van der Waals surface area contributed by atoms with Crippen molar-refractivity contribution < 1.29 is 12.3 Å². The predicted molar refractivity (Wildman–Crippen MR) is 49.9 cm³/mol. The minimum Gasteiger partial charge on any atom is -0.301 e. The normalized spacial score (nSPS) is 45.4. The van der Waals surface area contributed by atoms with Crippen molar-refractivity contribution in [3.8, 4) is 0 Å². The highest BCUT2D eigenvalue weighted by Gasteiger charge is 2.16. The van der Waals surface area contributed by atoms with Crippen LogP contribution >= 0.6 is 27.3 Å². The molecule has 4 heteroatoms. The standard InChI is InChI=1S/C7H9BrN2S/c1-10-3-2-5-6(4-10)11-7(8)9-5/h2-4H2,1H3/i1D3,2D2,3D2,4D2. The van der Waals surface area contributed by atoms with Crippen molar-refractivity contribution in [2.75, 3.05) is 13.5 Å². The predicted octanol–water partition coefficient (Wildman–Crippen LogP) is 1.89. The van der Waals surface area contributed by atoms with Crippen LogP contribution in [0.5, 0.6) is 0 Å². The lowest BCUT2D eigenvalue weighted by atomic mass is 10.2. The van der Waals surface area contributed by atoms with Gasteiger partial charge >= 0.3 is 0 Å². The molecule has 2 heterocycles. The molecule has 0 saturated heterocycles. The fourth-order valence-corrected chi connectivity index (χ4v) is 1.99. The number of likely N-dealkylation sites (N-methyl/N-ethyl adjacent to an activating group) is 1. The molecule has 0 spiro atoms. The Balaban J connectivity index is 2.82. The molecule has 1 aromatic rings. The van der Waals surface area contributed by atoms with Crippen molar-refractivity contribution >= 4 is 27.3 Å². The number of hydrogen-bond acceptors (Lipinski definition) is 3. The Morgan fingerprint density at radius 1 is 1.91 bits per heavy atom. The van der Waals surface area contributed by atoms with E-state index in [2.05, 4.69) is 20.9 Å². The lowest BCUT2D eigenvalue weighted by Crippen LogP contribution is -2.25. The topological polar surface area (TPSA) is 16.1 Å². The zero-order valence-corrected chi connectivity index (χ0v) is 7.58. The molecular formula is C7H9BrN2S. The van der Waals surface area contributed by atoms with Crippen molar-refractivity contribution in [2.24, 2.45) is 0 Å². The van der Waals surface area contributed by atoms with Gasteiger partial charge in [0.25, 0.3) is 0 Å². The second kappa shape index (κ2) is 2.84. The highest BCUT2D eigenvalue weighted by atomic mass is 79.9. The van der Waals surface area contributed by atoms with Crippen LogP contribution in [-0.2, 0) is 12.9 Å². The minimum absolute atomic E-state index is 0.0417. The molecular weight excluding hydrogens is 224 g/mol. The third kappa shape index (κ3) is 1.48. The van der Waals surface area contributed by atoms with Gasteiger partial charge in [0.2, 0.25) is 0 Å². The molecule has 0 aliphatic carbocycles. The summed E-state index contributed by atoms with van der Waals surface area (Å²) < 4.78 is 69.4. The number of aromatic nitrogens is 1. The summed E-state index contributed by atoms with van der Waals surface area (Å²) in [6.07, 6.45) is -2.76. The summed E-state index contributed by atoms with van der Waals surface area (Å²) in [5.41, 5.74) is -0.412. The molecule has 0 saturated carbocycles. The number of halogens is 1. The maximum Gasteiger partial charge on any atom is 0.159 e. The number of aryl methyl sites for hydroxylation is 1. The van der Waals surface area contributed by atoms with Crippen molar-refractivity contribution in [3.05, 3.63) is 14.5 Å². The number of nitrogens with zero attached hydrogens (tertiary/aromatic N) is 2. The van der Waals surface area contributed by atoms with Crippen LogP contribution in [-0.4, -0.2) is 23.4 Å². The minimum atomic E-state index is -3.14. The van der Waals surface area contributed by atoms with E-state index in [-0.39, 0.29) is 13.7 Å². The molecule has 0 atom stereocenters. The quantitative estimate of drug-likeness (QED) is 0.690. The van der Waals surface area contributed by atoms with Gasteiger partial charge in [-0.1, -0.05) is 0 Å². The van der Waals surface area contributed by atoms with Gasteiger partial charge in [-0.15, -0.1) is 11.3 Å². The summed E-state index contributed by atoms with van der Waals surface area (Å²) in [6, 6.07) is 0. The molecule has 0 bridgehead atoms. The molecule has 2 nitrogen and oxygen atoms in total. The van der Waals surface area contributed by atoms with Crippen LogP contribution in [0.1, 0.15) is 22.9 Å². The van der Waals surface area contributed by atoms with E-state index >= 15 is 0 Å². The maximum absolute atomic E-state index is 7.94. The summed E-state index contributed by atoms with van der Waals surface area (Å²) in [5.74, 6) is 0. The fraction of sp³-hybridized carbons (Fsp3) is 0.571. The van der Waals surface area contributed by atoms with Gasteiger partial charge < -0.3 is 4.90 Å². The van der Waals surface area contributed by atoms with Gasteiger partial charge in [0.15, 0.2) is 3.92 Å². The van der Waals surface area contributed by atoms with Crippen molar-refractivity contribution in [2.45, 2.75) is 12.9 Å². The number of thiazole rings is 1. The number of fused-ring (bicyclic) bond motifs is 1. The van der Waals surface area contributed by atoms with Crippen LogP contribution in [0.2, 0.25) is 0 Å². The van der Waals surface area contributed by atoms with E-state index in [0.717, 1.165) is 11.3 Å². The summed E-state index contributed by atoms with van der Waals surface area (Å²) in [4.78, 5) is 3.49. The molecule has 0 unspecified atom stereocenters. The first-order valence-corrected chi connectivity index (χ1v) is 4.32. The monoisotopic (exact) mass is 241 g/mol. The van der Waals surface area contributed by atoms with E-state index in [4.69, 9.17) is 12.3 Å². The van der Waals surface area contributed by atoms with E-state index in [1.807, 2.05) is 0 Å². The first kappa shape index (κ1) is 2.53. The SMILES string of the molecule is [2H]C([2H])([2H])N1C([2H])([2H])c2sc(Br)nc2C([2H])([2H])C1([2H])[2H]. The Bertz CT molecular complexity index is 551. The van der Waals surface area contributed by atoms with Gasteiger partial charge in [0.1, 0.15) is 0 Å². The molecule has 1 aliphatic heterocycles. The first-order valence-electron chi connectivity index (χ1n) is 7.22. The van der Waals surface area contributed by atoms with Gasteiger partial charge in [0, 0.05) is 36.6 Å². The second-order valence-electron chi connectivity index (χ2n) is 1.83. The molecule has 0 amide bonds. The average Bonchev–Trinajstić information content (AvgIpc) is 2.56. The third-order valence-corrected chi connectivity index (χ3v) is 2.51. The van der Waals surface area contributed by atoms with Crippen LogP contribution < -0.4 is 0 Å². The average molecular weight is 242 g/mol. The van der Waals surface area contributed by atoms with Crippen LogP contribution in [0.4, 0.5) is 0 Å². The summed E-state index contributed by atoms with van der Waals surface area (Å²) >= 11 is 3.75. The van der Waals surface area contributed by atoms with Gasteiger partial charge in [-0.3, -0.25) is 0 Å². The highest BCUT2D eigenvalue weighted by molar-refractivity contribution is 9.11. The second-order valence-corrected chi connectivity index (χ2v) is 4.10. The van der Waals surface area contributed by atoms with Crippen LogP contribution in [0.25, 0.3) is 0 Å². The maximum atomic E-state index is 7.94. The molecule has 0 radical (unpaired) electrons. The Morgan fingerprint density at radius 2 is 2.82 bits per heavy atom. The Morgan fingerprint density at radius 3 is 3.64 bits per heavy atom. The molecule has 11 heavy (non-hydrogen) atoms. The zero-order valence-electron chi connectivity index (χ0n) is 14.2. The summed E-state index contributed by atoms with van der Waals surface area (Å²) in [7, 11) is 0. The van der Waals surface area contributed by atoms with Crippen molar-refractivity contribution in [3.63, 3.8) is 0 Å².